The van der Waals surface area contributed by atoms with Crippen LogP contribution in [0.25, 0.3) is 5.57 Å². The molecule has 2 aromatic rings. The molecule has 39 heavy (non-hydrogen) atoms. The summed E-state index contributed by atoms with van der Waals surface area (Å²) in [4.78, 5) is 17.3. The first-order chi connectivity index (χ1) is 18.3. The Hall–Kier alpha value is -3.01. The third-order valence-corrected chi connectivity index (χ3v) is 7.20. The summed E-state index contributed by atoms with van der Waals surface area (Å²) in [7, 11) is 1.64. The molecule has 2 N–H and O–H groups in total. The lowest BCUT2D eigenvalue weighted by Gasteiger charge is -2.28. The molecule has 11 heteroatoms. The van der Waals surface area contributed by atoms with Gasteiger partial charge in [-0.3, -0.25) is 10.2 Å². The van der Waals surface area contributed by atoms with Crippen molar-refractivity contribution >= 4 is 28.7 Å². The van der Waals surface area contributed by atoms with E-state index >= 15 is 0 Å². The highest BCUT2D eigenvalue weighted by atomic mass is 35.5. The van der Waals surface area contributed by atoms with Crippen LogP contribution in [0.15, 0.2) is 48.8 Å². The van der Waals surface area contributed by atoms with Crippen LogP contribution < -0.4 is 10.1 Å². The molecule has 0 bridgehead atoms. The lowest BCUT2D eigenvalue weighted by atomic mass is 9.80. The third-order valence-electron chi connectivity index (χ3n) is 6.95. The Balaban J connectivity index is 1.82. The maximum atomic E-state index is 14.6. The summed E-state index contributed by atoms with van der Waals surface area (Å²) in [5.41, 5.74) is -0.234. The SMILES string of the molecule is CN/C=C(\C(=N)C(=O)C1CCCC(F)(F)C[C@@H](C)C(COc2ccc(C(F)(F)F)cn2)C1)c1ccc(Cl)cc1. The van der Waals surface area contributed by atoms with E-state index in [0.717, 1.165) is 12.1 Å². The van der Waals surface area contributed by atoms with E-state index in [-0.39, 0.29) is 43.9 Å². The fourth-order valence-corrected chi connectivity index (χ4v) is 4.90. The zero-order valence-electron chi connectivity index (χ0n) is 21.6. The number of carbonyl (C=O) groups excluding carboxylic acids is 1. The third kappa shape index (κ3) is 8.49. The van der Waals surface area contributed by atoms with Gasteiger partial charge in [-0.15, -0.1) is 0 Å². The molecule has 1 aromatic carbocycles. The van der Waals surface area contributed by atoms with E-state index in [4.69, 9.17) is 21.7 Å². The fraction of sp³-hybridized carbons (Fsp3) is 0.464. The molecular weight excluding hydrogens is 541 g/mol. The minimum Gasteiger partial charge on any atom is -0.477 e. The number of aromatic nitrogens is 1. The summed E-state index contributed by atoms with van der Waals surface area (Å²) in [5.74, 6) is -5.26. The van der Waals surface area contributed by atoms with Crippen LogP contribution in [-0.4, -0.2) is 36.1 Å². The van der Waals surface area contributed by atoms with Crippen LogP contribution in [0.2, 0.25) is 5.02 Å². The molecule has 1 aliphatic carbocycles. The summed E-state index contributed by atoms with van der Waals surface area (Å²) in [6.07, 6.45) is -2.67. The van der Waals surface area contributed by atoms with Crippen LogP contribution in [0.4, 0.5) is 22.0 Å². The number of nitrogens with zero attached hydrogens (tertiary/aromatic N) is 1. The molecule has 3 rings (SSSR count). The average Bonchev–Trinajstić information content (AvgIpc) is 2.92. The molecule has 0 spiro atoms. The molecule has 212 valence electrons. The van der Waals surface area contributed by atoms with Crippen LogP contribution in [0.1, 0.15) is 50.2 Å². The van der Waals surface area contributed by atoms with Gasteiger partial charge in [0.05, 0.1) is 12.2 Å². The topological polar surface area (TPSA) is 75.1 Å². The molecule has 1 heterocycles. The largest absolute Gasteiger partial charge is 0.477 e. The average molecular weight is 572 g/mol. The quantitative estimate of drug-likeness (QED) is 0.255. The second kappa shape index (κ2) is 12.9. The van der Waals surface area contributed by atoms with E-state index in [0.29, 0.717) is 22.4 Å². The lowest BCUT2D eigenvalue weighted by Crippen LogP contribution is -2.31. The summed E-state index contributed by atoms with van der Waals surface area (Å²) in [6, 6.07) is 8.58. The molecule has 1 aliphatic rings. The van der Waals surface area contributed by atoms with Gasteiger partial charge in [0.15, 0.2) is 5.78 Å². The van der Waals surface area contributed by atoms with Crippen molar-refractivity contribution in [1.29, 1.82) is 5.41 Å². The number of pyridine rings is 1. The number of Topliss-reactive ketones (excluding diaryl/α,β-unsaturated/α-hetero) is 1. The van der Waals surface area contributed by atoms with Gasteiger partial charge in [-0.25, -0.2) is 13.8 Å². The minimum atomic E-state index is -4.55. The molecule has 3 atom stereocenters. The number of benzene rings is 1. The predicted molar refractivity (Wildman–Crippen MR) is 140 cm³/mol. The molecular formula is C28H31ClF5N3O2. The van der Waals surface area contributed by atoms with E-state index in [2.05, 4.69) is 10.3 Å². The number of rotatable bonds is 8. The summed E-state index contributed by atoms with van der Waals surface area (Å²) in [5, 5.41) is 12.0. The second-order valence-electron chi connectivity index (χ2n) is 9.91. The Morgan fingerprint density at radius 2 is 1.92 bits per heavy atom. The molecule has 1 aromatic heterocycles. The first-order valence-corrected chi connectivity index (χ1v) is 13.0. The standard InChI is InChI=1S/C28H31ClF5N3O2/c1-17-13-27(30,31)11-3-4-19(12-20(17)16-39-24-10-7-21(14-37-24)28(32,33)34)26(38)25(35)23(15-36-2)18-5-8-22(29)9-6-18/h5-10,14-15,17,19-20,35-36H,3-4,11-13,16H2,1-2H3/b23-15-,35-25?/t17-,19?,20?/m1/s1. The highest BCUT2D eigenvalue weighted by Crippen LogP contribution is 2.39. The number of carbonyl (C=O) groups is 1. The fourth-order valence-electron chi connectivity index (χ4n) is 4.77. The van der Waals surface area contributed by atoms with Gasteiger partial charge < -0.3 is 10.1 Å². The number of ketones is 1. The van der Waals surface area contributed by atoms with Gasteiger partial charge in [-0.05, 0) is 54.9 Å². The lowest BCUT2D eigenvalue weighted by molar-refractivity contribution is -0.137. The van der Waals surface area contributed by atoms with Crippen LogP contribution in [0.5, 0.6) is 5.88 Å². The number of ether oxygens (including phenoxy) is 1. The Labute approximate surface area is 229 Å². The highest BCUT2D eigenvalue weighted by Gasteiger charge is 2.39. The van der Waals surface area contributed by atoms with Crippen molar-refractivity contribution in [3.05, 3.63) is 64.9 Å². The maximum absolute atomic E-state index is 14.6. The number of nitrogens with one attached hydrogen (secondary N) is 2. The number of halogens is 6. The molecule has 0 radical (unpaired) electrons. The van der Waals surface area contributed by atoms with Gasteiger partial charge in [-0.2, -0.15) is 13.2 Å². The van der Waals surface area contributed by atoms with Crippen molar-refractivity contribution in [3.8, 4) is 5.88 Å². The van der Waals surface area contributed by atoms with Gasteiger partial charge in [0.25, 0.3) is 0 Å². The van der Waals surface area contributed by atoms with Crippen LogP contribution >= 0.6 is 11.6 Å². The second-order valence-corrected chi connectivity index (χ2v) is 10.3. The minimum absolute atomic E-state index is 0.0700. The normalized spacial score (nSPS) is 22.3. The van der Waals surface area contributed by atoms with E-state index in [1.807, 2.05) is 0 Å². The summed E-state index contributed by atoms with van der Waals surface area (Å²) >= 11 is 5.98. The van der Waals surface area contributed by atoms with Gasteiger partial charge in [0.2, 0.25) is 11.8 Å². The van der Waals surface area contributed by atoms with E-state index < -0.39 is 47.6 Å². The number of hydrogen-bond acceptors (Lipinski definition) is 5. The smallest absolute Gasteiger partial charge is 0.417 e. The molecule has 0 aliphatic heterocycles. The van der Waals surface area contributed by atoms with Gasteiger partial charge in [0.1, 0.15) is 5.71 Å². The van der Waals surface area contributed by atoms with Gasteiger partial charge in [-0.1, -0.05) is 30.7 Å². The van der Waals surface area contributed by atoms with E-state index in [9.17, 15) is 26.7 Å². The summed E-state index contributed by atoms with van der Waals surface area (Å²) < 4.78 is 73.4. The molecule has 1 saturated carbocycles. The predicted octanol–water partition coefficient (Wildman–Crippen LogP) is 7.45. The highest BCUT2D eigenvalue weighted by molar-refractivity contribution is 6.55. The molecule has 0 saturated heterocycles. The number of hydrogen-bond donors (Lipinski definition) is 2. The Kier molecular flexibility index (Phi) is 10.1. The molecule has 5 nitrogen and oxygen atoms in total. The number of alkyl halides is 5. The van der Waals surface area contributed by atoms with Crippen molar-refractivity contribution in [2.24, 2.45) is 17.8 Å². The summed E-state index contributed by atoms with van der Waals surface area (Å²) in [6.45, 7) is 1.55. The maximum Gasteiger partial charge on any atom is 0.417 e. The Morgan fingerprint density at radius 1 is 1.23 bits per heavy atom. The van der Waals surface area contributed by atoms with Crippen LogP contribution in [0.3, 0.4) is 0 Å². The number of allylic oxidation sites excluding steroid dienone is 1. The van der Waals surface area contributed by atoms with Crippen molar-refractivity contribution in [3.63, 3.8) is 0 Å². The van der Waals surface area contributed by atoms with Crippen molar-refractivity contribution in [1.82, 2.24) is 10.3 Å². The van der Waals surface area contributed by atoms with Crippen molar-refractivity contribution < 1.29 is 31.5 Å². The van der Waals surface area contributed by atoms with Gasteiger partial charge >= 0.3 is 6.18 Å². The van der Waals surface area contributed by atoms with Crippen molar-refractivity contribution in [2.45, 2.75) is 51.1 Å². The first kappa shape index (κ1) is 30.5. The molecule has 2 unspecified atom stereocenters. The Morgan fingerprint density at radius 3 is 2.51 bits per heavy atom. The van der Waals surface area contributed by atoms with Crippen LogP contribution in [-0.2, 0) is 11.0 Å². The van der Waals surface area contributed by atoms with Gasteiger partial charge in [0, 0.05) is 54.9 Å². The Bertz CT molecular complexity index is 1170. The first-order valence-electron chi connectivity index (χ1n) is 12.6. The zero-order valence-corrected chi connectivity index (χ0v) is 22.4. The van der Waals surface area contributed by atoms with Crippen LogP contribution in [0, 0.1) is 23.2 Å². The van der Waals surface area contributed by atoms with E-state index in [1.54, 1.807) is 38.2 Å². The molecule has 0 amide bonds. The molecule has 1 fully saturated rings. The zero-order chi connectivity index (χ0) is 28.8. The van der Waals surface area contributed by atoms with E-state index in [1.165, 1.54) is 6.20 Å². The van der Waals surface area contributed by atoms with Crippen molar-refractivity contribution in [2.75, 3.05) is 13.7 Å². The monoisotopic (exact) mass is 571 g/mol.